The Balaban J connectivity index is 2.32. The Morgan fingerprint density at radius 3 is 2.95 bits per heavy atom. The van der Waals surface area contributed by atoms with Crippen molar-refractivity contribution in [1.29, 1.82) is 0 Å². The SMILES string of the molecule is CCCNC(C)c1cccc(F)c1N1CCOCC1CC. The maximum absolute atomic E-state index is 14.5. The highest BCUT2D eigenvalue weighted by Crippen LogP contribution is 2.32. The van der Waals surface area contributed by atoms with E-state index in [4.69, 9.17) is 4.74 Å². The van der Waals surface area contributed by atoms with Gasteiger partial charge in [0.05, 0.1) is 24.9 Å². The largest absolute Gasteiger partial charge is 0.377 e. The van der Waals surface area contributed by atoms with Gasteiger partial charge in [-0.15, -0.1) is 0 Å². The lowest BCUT2D eigenvalue weighted by Gasteiger charge is -2.39. The van der Waals surface area contributed by atoms with Crippen LogP contribution >= 0.6 is 0 Å². The second-order valence-corrected chi connectivity index (χ2v) is 5.68. The molecule has 1 aliphatic heterocycles. The third-order valence-electron chi connectivity index (χ3n) is 4.17. The van der Waals surface area contributed by atoms with Crippen LogP contribution in [0.5, 0.6) is 0 Å². The predicted molar refractivity (Wildman–Crippen MR) is 85.4 cm³/mol. The number of nitrogens with zero attached hydrogens (tertiary/aromatic N) is 1. The van der Waals surface area contributed by atoms with E-state index in [9.17, 15) is 4.39 Å². The molecular formula is C17H27FN2O. The van der Waals surface area contributed by atoms with Gasteiger partial charge in [0.2, 0.25) is 0 Å². The van der Waals surface area contributed by atoms with Gasteiger partial charge < -0.3 is 15.0 Å². The Hall–Kier alpha value is -1.13. The Labute approximate surface area is 127 Å². The predicted octanol–water partition coefficient (Wildman–Crippen LogP) is 3.50. The number of nitrogens with one attached hydrogen (secondary N) is 1. The molecule has 0 saturated carbocycles. The van der Waals surface area contributed by atoms with Crippen LogP contribution in [-0.2, 0) is 4.74 Å². The number of halogens is 1. The molecule has 2 rings (SSSR count). The molecule has 0 amide bonds. The van der Waals surface area contributed by atoms with Crippen molar-refractivity contribution in [3.63, 3.8) is 0 Å². The zero-order valence-electron chi connectivity index (χ0n) is 13.4. The zero-order chi connectivity index (χ0) is 15.2. The van der Waals surface area contributed by atoms with Gasteiger partial charge >= 0.3 is 0 Å². The highest BCUT2D eigenvalue weighted by Gasteiger charge is 2.27. The van der Waals surface area contributed by atoms with Crippen LogP contribution in [0.1, 0.15) is 45.2 Å². The molecule has 2 atom stereocenters. The molecule has 0 radical (unpaired) electrons. The second kappa shape index (κ2) is 7.76. The Kier molecular flexibility index (Phi) is 6.00. The van der Waals surface area contributed by atoms with Crippen molar-refractivity contribution in [1.82, 2.24) is 5.32 Å². The smallest absolute Gasteiger partial charge is 0.146 e. The van der Waals surface area contributed by atoms with E-state index in [0.717, 1.165) is 37.2 Å². The summed E-state index contributed by atoms with van der Waals surface area (Å²) in [4.78, 5) is 2.19. The van der Waals surface area contributed by atoms with Crippen LogP contribution in [0.3, 0.4) is 0 Å². The molecule has 4 heteroatoms. The molecule has 0 bridgehead atoms. The van der Waals surface area contributed by atoms with Crippen molar-refractivity contribution in [2.24, 2.45) is 0 Å². The monoisotopic (exact) mass is 294 g/mol. The van der Waals surface area contributed by atoms with E-state index in [-0.39, 0.29) is 17.9 Å². The second-order valence-electron chi connectivity index (χ2n) is 5.68. The van der Waals surface area contributed by atoms with Gasteiger partial charge in [-0.2, -0.15) is 0 Å². The molecule has 118 valence electrons. The summed E-state index contributed by atoms with van der Waals surface area (Å²) in [6, 6.07) is 5.81. The highest BCUT2D eigenvalue weighted by molar-refractivity contribution is 5.57. The molecule has 0 aromatic heterocycles. The van der Waals surface area contributed by atoms with Crippen LogP contribution in [0.25, 0.3) is 0 Å². The van der Waals surface area contributed by atoms with Crippen LogP contribution in [0, 0.1) is 5.82 Å². The van der Waals surface area contributed by atoms with Gasteiger partial charge in [0, 0.05) is 12.6 Å². The Bertz CT molecular complexity index is 452. The Morgan fingerprint density at radius 1 is 1.43 bits per heavy atom. The fourth-order valence-electron chi connectivity index (χ4n) is 2.94. The van der Waals surface area contributed by atoms with E-state index in [1.807, 2.05) is 6.07 Å². The summed E-state index contributed by atoms with van der Waals surface area (Å²) in [6.07, 6.45) is 2.04. The summed E-state index contributed by atoms with van der Waals surface area (Å²) in [7, 11) is 0. The minimum Gasteiger partial charge on any atom is -0.377 e. The summed E-state index contributed by atoms with van der Waals surface area (Å²) < 4.78 is 20.1. The zero-order valence-corrected chi connectivity index (χ0v) is 13.4. The van der Waals surface area contributed by atoms with Gasteiger partial charge in [0.25, 0.3) is 0 Å². The van der Waals surface area contributed by atoms with Gasteiger partial charge in [-0.3, -0.25) is 0 Å². The van der Waals surface area contributed by atoms with E-state index in [0.29, 0.717) is 13.2 Å². The first-order valence-electron chi connectivity index (χ1n) is 8.05. The molecule has 1 heterocycles. The number of anilines is 1. The lowest BCUT2D eigenvalue weighted by atomic mass is 10.0. The minimum absolute atomic E-state index is 0.127. The minimum atomic E-state index is -0.127. The lowest BCUT2D eigenvalue weighted by molar-refractivity contribution is 0.0925. The van der Waals surface area contributed by atoms with E-state index < -0.39 is 0 Å². The summed E-state index contributed by atoms with van der Waals surface area (Å²) in [5.41, 5.74) is 1.80. The molecule has 1 saturated heterocycles. The third kappa shape index (κ3) is 3.74. The molecule has 21 heavy (non-hydrogen) atoms. The number of para-hydroxylation sites is 1. The summed E-state index contributed by atoms with van der Waals surface area (Å²) in [6.45, 7) is 9.43. The topological polar surface area (TPSA) is 24.5 Å². The molecule has 1 N–H and O–H groups in total. The third-order valence-corrected chi connectivity index (χ3v) is 4.17. The standard InChI is InChI=1S/C17H27FN2O/c1-4-9-19-13(3)15-7-6-8-16(18)17(15)20-10-11-21-12-14(20)5-2/h6-8,13-14,19H,4-5,9-12H2,1-3H3. The number of hydrogen-bond acceptors (Lipinski definition) is 3. The highest BCUT2D eigenvalue weighted by atomic mass is 19.1. The molecule has 0 aliphatic carbocycles. The van der Waals surface area contributed by atoms with Crippen molar-refractivity contribution in [2.75, 3.05) is 31.2 Å². The van der Waals surface area contributed by atoms with Crippen LogP contribution < -0.4 is 10.2 Å². The van der Waals surface area contributed by atoms with Crippen LogP contribution in [0.15, 0.2) is 18.2 Å². The normalized spacial score (nSPS) is 20.6. The number of morpholine rings is 1. The first-order chi connectivity index (χ1) is 10.2. The molecule has 1 aliphatic rings. The van der Waals surface area contributed by atoms with E-state index in [1.54, 1.807) is 12.1 Å². The van der Waals surface area contributed by atoms with Gasteiger partial charge in [-0.05, 0) is 37.9 Å². The van der Waals surface area contributed by atoms with Crippen LogP contribution in [-0.4, -0.2) is 32.3 Å². The maximum atomic E-state index is 14.5. The summed E-state index contributed by atoms with van der Waals surface area (Å²) in [5, 5.41) is 3.46. The number of benzene rings is 1. The average molecular weight is 294 g/mol. The van der Waals surface area contributed by atoms with E-state index in [2.05, 4.69) is 31.0 Å². The van der Waals surface area contributed by atoms with Gasteiger partial charge in [-0.25, -0.2) is 4.39 Å². The molecule has 1 aromatic rings. The van der Waals surface area contributed by atoms with Crippen molar-refractivity contribution >= 4 is 5.69 Å². The number of rotatable bonds is 6. The fraction of sp³-hybridized carbons (Fsp3) is 0.647. The Morgan fingerprint density at radius 2 is 2.24 bits per heavy atom. The molecular weight excluding hydrogens is 267 g/mol. The van der Waals surface area contributed by atoms with Gasteiger partial charge in [0.1, 0.15) is 5.82 Å². The number of ether oxygens (including phenoxy) is 1. The van der Waals surface area contributed by atoms with E-state index >= 15 is 0 Å². The summed E-state index contributed by atoms with van der Waals surface area (Å²) >= 11 is 0. The molecule has 1 fully saturated rings. The molecule has 2 unspecified atom stereocenters. The lowest BCUT2D eigenvalue weighted by Crippen LogP contribution is -2.46. The van der Waals surface area contributed by atoms with Crippen molar-refractivity contribution in [3.05, 3.63) is 29.6 Å². The summed E-state index contributed by atoms with van der Waals surface area (Å²) in [5.74, 6) is -0.127. The van der Waals surface area contributed by atoms with Gasteiger partial charge in [0.15, 0.2) is 0 Å². The number of hydrogen-bond donors (Lipinski definition) is 1. The van der Waals surface area contributed by atoms with Crippen LogP contribution in [0.4, 0.5) is 10.1 Å². The maximum Gasteiger partial charge on any atom is 0.146 e. The van der Waals surface area contributed by atoms with Crippen molar-refractivity contribution < 1.29 is 9.13 Å². The fourth-order valence-corrected chi connectivity index (χ4v) is 2.94. The quantitative estimate of drug-likeness (QED) is 0.869. The first-order valence-corrected chi connectivity index (χ1v) is 8.05. The van der Waals surface area contributed by atoms with Gasteiger partial charge in [-0.1, -0.05) is 26.0 Å². The van der Waals surface area contributed by atoms with Crippen LogP contribution in [0.2, 0.25) is 0 Å². The molecule has 0 spiro atoms. The average Bonchev–Trinajstić information content (AvgIpc) is 2.52. The van der Waals surface area contributed by atoms with Crippen molar-refractivity contribution in [3.8, 4) is 0 Å². The van der Waals surface area contributed by atoms with Crippen molar-refractivity contribution in [2.45, 2.75) is 45.7 Å². The van der Waals surface area contributed by atoms with E-state index in [1.165, 1.54) is 0 Å². The molecule has 3 nitrogen and oxygen atoms in total. The molecule has 1 aromatic carbocycles. The first kappa shape index (κ1) is 16.2.